The van der Waals surface area contributed by atoms with Crippen molar-refractivity contribution in [3.63, 3.8) is 0 Å². The van der Waals surface area contributed by atoms with Gasteiger partial charge in [-0.2, -0.15) is 0 Å². The fourth-order valence-electron chi connectivity index (χ4n) is 4.41. The summed E-state index contributed by atoms with van der Waals surface area (Å²) < 4.78 is 37.9. The molecule has 0 fully saturated rings. The van der Waals surface area contributed by atoms with Gasteiger partial charge in [0.25, 0.3) is 0 Å². The molecule has 2 atom stereocenters. The fourth-order valence-corrected chi connectivity index (χ4v) is 5.73. The Labute approximate surface area is 263 Å². The van der Waals surface area contributed by atoms with Gasteiger partial charge in [-0.3, -0.25) is 13.9 Å². The number of rotatable bonds is 14. The molecule has 0 radical (unpaired) electrons. The highest BCUT2D eigenvalue weighted by molar-refractivity contribution is 7.92. The number of nitrogens with zero attached hydrogens (tertiary/aromatic N) is 2. The average molecular weight is 651 g/mol. The van der Waals surface area contributed by atoms with E-state index in [1.165, 1.54) is 25.2 Å². The molecule has 0 aliphatic rings. The second-order valence-electron chi connectivity index (χ2n) is 10.1. The lowest BCUT2D eigenvalue weighted by molar-refractivity contribution is -0.140. The molecule has 1 N–H and O–H groups in total. The van der Waals surface area contributed by atoms with E-state index in [2.05, 4.69) is 5.32 Å². The van der Waals surface area contributed by atoms with E-state index >= 15 is 0 Å². The van der Waals surface area contributed by atoms with Gasteiger partial charge in [-0.05, 0) is 48.7 Å². The predicted molar refractivity (Wildman–Crippen MR) is 171 cm³/mol. The van der Waals surface area contributed by atoms with Crippen molar-refractivity contribution in [2.75, 3.05) is 31.3 Å². The quantitative estimate of drug-likeness (QED) is 0.253. The minimum Gasteiger partial charge on any atom is -0.497 e. The van der Waals surface area contributed by atoms with Crippen molar-refractivity contribution in [3.05, 3.63) is 87.9 Å². The number of anilines is 1. The highest BCUT2D eigenvalue weighted by Crippen LogP contribution is 2.34. The Balaban J connectivity index is 2.14. The van der Waals surface area contributed by atoms with Gasteiger partial charge < -0.3 is 19.7 Å². The molecule has 0 bridgehead atoms. The van der Waals surface area contributed by atoms with Gasteiger partial charge in [0, 0.05) is 35.1 Å². The van der Waals surface area contributed by atoms with Crippen LogP contribution >= 0.6 is 23.2 Å². The van der Waals surface area contributed by atoms with E-state index in [-0.39, 0.29) is 36.4 Å². The number of methoxy groups -OCH3 is 2. The fraction of sp³-hybridized carbons (Fsp3) is 0.355. The first-order valence-electron chi connectivity index (χ1n) is 13.6. The summed E-state index contributed by atoms with van der Waals surface area (Å²) in [5, 5.41) is 3.71. The first kappa shape index (κ1) is 34.0. The second-order valence-corrected chi connectivity index (χ2v) is 12.8. The van der Waals surface area contributed by atoms with E-state index in [0.29, 0.717) is 27.8 Å². The van der Waals surface area contributed by atoms with Crippen molar-refractivity contribution in [1.82, 2.24) is 10.2 Å². The summed E-state index contributed by atoms with van der Waals surface area (Å²) in [6, 6.07) is 17.7. The number of benzene rings is 3. The van der Waals surface area contributed by atoms with Crippen molar-refractivity contribution in [1.29, 1.82) is 0 Å². The molecule has 43 heavy (non-hydrogen) atoms. The lowest BCUT2D eigenvalue weighted by atomic mass is 10.0. The summed E-state index contributed by atoms with van der Waals surface area (Å²) >= 11 is 12.6. The first-order chi connectivity index (χ1) is 20.4. The first-order valence-corrected chi connectivity index (χ1v) is 16.3. The van der Waals surface area contributed by atoms with E-state index in [4.69, 9.17) is 32.7 Å². The number of halogens is 2. The number of ether oxygens (including phenoxy) is 2. The van der Waals surface area contributed by atoms with Gasteiger partial charge in [0.05, 0.1) is 26.2 Å². The third kappa shape index (κ3) is 9.26. The zero-order chi connectivity index (χ0) is 31.7. The zero-order valence-corrected chi connectivity index (χ0v) is 27.2. The summed E-state index contributed by atoms with van der Waals surface area (Å²) in [6.45, 7) is 3.13. The Morgan fingerprint density at radius 2 is 1.67 bits per heavy atom. The highest BCUT2D eigenvalue weighted by Gasteiger charge is 2.34. The lowest BCUT2D eigenvalue weighted by Crippen LogP contribution is -2.54. The maximum atomic E-state index is 14.3. The van der Waals surface area contributed by atoms with E-state index in [1.807, 2.05) is 44.2 Å². The Morgan fingerprint density at radius 1 is 0.977 bits per heavy atom. The highest BCUT2D eigenvalue weighted by atomic mass is 35.5. The number of carbonyl (C=O) groups excluding carboxylic acids is 2. The Kier molecular flexibility index (Phi) is 12.1. The summed E-state index contributed by atoms with van der Waals surface area (Å²) in [4.78, 5) is 29.5. The maximum Gasteiger partial charge on any atom is 0.244 e. The number of hydrogen-bond donors (Lipinski definition) is 1. The molecule has 3 rings (SSSR count). The molecule has 0 saturated heterocycles. The molecular weight excluding hydrogens is 613 g/mol. The number of nitrogens with one attached hydrogen (secondary N) is 1. The summed E-state index contributed by atoms with van der Waals surface area (Å²) in [5.74, 6) is -0.402. The molecule has 9 nitrogen and oxygen atoms in total. The number of sulfonamides is 1. The van der Waals surface area contributed by atoms with Crippen LogP contribution in [-0.2, 0) is 32.6 Å². The Hall–Kier alpha value is -3.47. The van der Waals surface area contributed by atoms with Crippen molar-refractivity contribution in [3.8, 4) is 11.5 Å². The van der Waals surface area contributed by atoms with Gasteiger partial charge in [-0.15, -0.1) is 0 Å². The zero-order valence-electron chi connectivity index (χ0n) is 24.8. The van der Waals surface area contributed by atoms with Gasteiger partial charge in [-0.1, -0.05) is 66.5 Å². The molecule has 0 spiro atoms. The molecule has 12 heteroatoms. The monoisotopic (exact) mass is 649 g/mol. The van der Waals surface area contributed by atoms with Crippen LogP contribution in [0.3, 0.4) is 0 Å². The van der Waals surface area contributed by atoms with E-state index in [9.17, 15) is 18.0 Å². The van der Waals surface area contributed by atoms with Crippen LogP contribution in [0, 0.1) is 0 Å². The van der Waals surface area contributed by atoms with Gasteiger partial charge in [0.2, 0.25) is 21.8 Å². The van der Waals surface area contributed by atoms with Crippen LogP contribution < -0.4 is 19.1 Å². The molecule has 0 heterocycles. The number of amides is 2. The van der Waals surface area contributed by atoms with Gasteiger partial charge in [-0.25, -0.2) is 8.42 Å². The summed E-state index contributed by atoms with van der Waals surface area (Å²) in [6.07, 6.45) is 1.86. The molecule has 0 unspecified atom stereocenters. The third-order valence-electron chi connectivity index (χ3n) is 6.96. The van der Waals surface area contributed by atoms with Crippen LogP contribution in [0.1, 0.15) is 31.4 Å². The SMILES string of the molecule is CC[C@@H](C)NC(=O)[C@H](Cc1ccccc1)N(Cc1ccc(Cl)cc1Cl)C(=O)CN(c1cc(OC)ccc1OC)S(C)(=O)=O. The average Bonchev–Trinajstić information content (AvgIpc) is 2.97. The topological polar surface area (TPSA) is 105 Å². The lowest BCUT2D eigenvalue weighted by Gasteiger charge is -2.34. The van der Waals surface area contributed by atoms with E-state index < -0.39 is 28.5 Å². The molecule has 232 valence electrons. The van der Waals surface area contributed by atoms with Crippen LogP contribution in [0.5, 0.6) is 11.5 Å². The third-order valence-corrected chi connectivity index (χ3v) is 8.68. The summed E-state index contributed by atoms with van der Waals surface area (Å²) in [7, 11) is -1.16. The van der Waals surface area contributed by atoms with Gasteiger partial charge in [0.1, 0.15) is 24.1 Å². The van der Waals surface area contributed by atoms with Crippen LogP contribution in [0.2, 0.25) is 10.0 Å². The largest absolute Gasteiger partial charge is 0.497 e. The molecule has 0 aromatic heterocycles. The van der Waals surface area contributed by atoms with Crippen LogP contribution in [0.4, 0.5) is 5.69 Å². The minimum atomic E-state index is -4.01. The number of hydrogen-bond acceptors (Lipinski definition) is 6. The molecule has 3 aromatic carbocycles. The molecule has 0 aliphatic carbocycles. The summed E-state index contributed by atoms with van der Waals surface area (Å²) in [5.41, 5.74) is 1.48. The molecule has 2 amide bonds. The van der Waals surface area contributed by atoms with Crippen LogP contribution in [-0.4, -0.2) is 64.2 Å². The van der Waals surface area contributed by atoms with Gasteiger partial charge >= 0.3 is 0 Å². The molecule has 0 aliphatic heterocycles. The standard InChI is InChI=1S/C31H37Cl2N3O6S/c1-6-21(2)34-31(38)28(16-22-10-8-7-9-11-22)35(19-23-12-13-24(32)17-26(23)33)30(37)20-36(43(5,39)40)27-18-25(41-3)14-15-29(27)42-4/h7-15,17-18,21,28H,6,16,19-20H2,1-5H3,(H,34,38)/t21-,28+/m1/s1. The van der Waals surface area contributed by atoms with Crippen molar-refractivity contribution in [2.24, 2.45) is 0 Å². The molecular formula is C31H37Cl2N3O6S. The maximum absolute atomic E-state index is 14.3. The van der Waals surface area contributed by atoms with Crippen LogP contribution in [0.25, 0.3) is 0 Å². The Morgan fingerprint density at radius 3 is 2.26 bits per heavy atom. The minimum absolute atomic E-state index is 0.0763. The Bertz CT molecular complexity index is 1520. The van der Waals surface area contributed by atoms with Crippen molar-refractivity contribution in [2.45, 2.75) is 45.3 Å². The van der Waals surface area contributed by atoms with Crippen molar-refractivity contribution < 1.29 is 27.5 Å². The number of carbonyl (C=O) groups is 2. The predicted octanol–water partition coefficient (Wildman–Crippen LogP) is 5.33. The normalized spacial score (nSPS) is 12.6. The molecule has 0 saturated carbocycles. The van der Waals surface area contributed by atoms with E-state index in [0.717, 1.165) is 16.1 Å². The smallest absolute Gasteiger partial charge is 0.244 e. The van der Waals surface area contributed by atoms with E-state index in [1.54, 1.807) is 30.3 Å². The van der Waals surface area contributed by atoms with Crippen molar-refractivity contribution >= 4 is 50.7 Å². The van der Waals surface area contributed by atoms with Crippen LogP contribution in [0.15, 0.2) is 66.7 Å². The second kappa shape index (κ2) is 15.3. The molecule has 3 aromatic rings. The van der Waals surface area contributed by atoms with Gasteiger partial charge in [0.15, 0.2) is 0 Å².